The van der Waals surface area contributed by atoms with Gasteiger partial charge >= 0.3 is 6.03 Å². The largest absolute Gasteiger partial charge is 0.324 e. The molecule has 2 saturated heterocycles. The minimum atomic E-state index is -0.732. The van der Waals surface area contributed by atoms with Gasteiger partial charge in [-0.05, 0) is 40.5 Å². The van der Waals surface area contributed by atoms with Crippen LogP contribution in [0, 0.1) is 0 Å². The summed E-state index contributed by atoms with van der Waals surface area (Å²) < 4.78 is 0. The maximum atomic E-state index is 12.3. The molecule has 0 atom stereocenters. The molecule has 0 aromatic heterocycles. The van der Waals surface area contributed by atoms with Gasteiger partial charge in [-0.2, -0.15) is 0 Å². The molecule has 5 heteroatoms. The molecule has 17 heavy (non-hydrogen) atoms. The van der Waals surface area contributed by atoms with E-state index in [1.165, 1.54) is 11.9 Å². The van der Waals surface area contributed by atoms with E-state index in [0.717, 1.165) is 0 Å². The summed E-state index contributed by atoms with van der Waals surface area (Å²) in [6.07, 6.45) is 1.25. The zero-order valence-electron chi connectivity index (χ0n) is 11.2. The van der Waals surface area contributed by atoms with Crippen LogP contribution in [0.15, 0.2) is 0 Å². The number of carbonyl (C=O) groups excluding carboxylic acids is 2. The summed E-state index contributed by atoms with van der Waals surface area (Å²) in [5.41, 5.74) is -1.07. The predicted octanol–water partition coefficient (Wildman–Crippen LogP) is 0.847. The van der Waals surface area contributed by atoms with Gasteiger partial charge in [0.1, 0.15) is 5.54 Å². The Labute approximate surface area is 102 Å². The van der Waals surface area contributed by atoms with E-state index >= 15 is 0 Å². The van der Waals surface area contributed by atoms with Gasteiger partial charge in [-0.15, -0.1) is 0 Å². The zero-order chi connectivity index (χ0) is 13.1. The number of nitrogens with one attached hydrogen (secondary N) is 2. The normalized spacial score (nSPS) is 29.6. The van der Waals surface area contributed by atoms with Crippen molar-refractivity contribution >= 4 is 11.9 Å². The molecule has 5 nitrogen and oxygen atoms in total. The van der Waals surface area contributed by atoms with Crippen LogP contribution in [0.2, 0.25) is 0 Å². The fourth-order valence-electron chi connectivity index (χ4n) is 3.57. The summed E-state index contributed by atoms with van der Waals surface area (Å²) in [4.78, 5) is 25.1. The minimum absolute atomic E-state index is 0.106. The van der Waals surface area contributed by atoms with Crippen LogP contribution in [0.1, 0.15) is 40.5 Å². The van der Waals surface area contributed by atoms with E-state index in [1.807, 2.05) is 0 Å². The van der Waals surface area contributed by atoms with Crippen molar-refractivity contribution in [3.8, 4) is 0 Å². The molecule has 0 aromatic carbocycles. The lowest BCUT2D eigenvalue weighted by atomic mass is 9.71. The highest BCUT2D eigenvalue weighted by molar-refractivity contribution is 6.07. The van der Waals surface area contributed by atoms with Crippen LogP contribution < -0.4 is 10.6 Å². The van der Waals surface area contributed by atoms with Gasteiger partial charge in [-0.25, -0.2) is 4.79 Å². The van der Waals surface area contributed by atoms with Crippen molar-refractivity contribution in [2.45, 2.75) is 57.2 Å². The Morgan fingerprint density at radius 1 is 1.06 bits per heavy atom. The number of amides is 3. The van der Waals surface area contributed by atoms with Crippen molar-refractivity contribution in [3.63, 3.8) is 0 Å². The second-order valence-corrected chi connectivity index (χ2v) is 6.62. The van der Waals surface area contributed by atoms with Crippen LogP contribution in [-0.4, -0.2) is 40.5 Å². The van der Waals surface area contributed by atoms with Gasteiger partial charge < -0.3 is 10.6 Å². The zero-order valence-corrected chi connectivity index (χ0v) is 11.2. The number of rotatable bonds is 0. The Bertz CT molecular complexity index is 371. The molecule has 2 fully saturated rings. The van der Waals surface area contributed by atoms with Gasteiger partial charge in [-0.3, -0.25) is 9.69 Å². The molecular formula is C12H21N3O2. The van der Waals surface area contributed by atoms with E-state index in [-0.39, 0.29) is 23.0 Å². The highest BCUT2D eigenvalue weighted by atomic mass is 16.2. The minimum Gasteiger partial charge on any atom is -0.323 e. The molecule has 3 amide bonds. The number of piperidine rings is 1. The summed E-state index contributed by atoms with van der Waals surface area (Å²) >= 11 is 0. The average Bonchev–Trinajstić information content (AvgIpc) is 2.25. The number of likely N-dealkylation sites (N-methyl/N-ethyl adjacent to an activating group) is 1. The fraction of sp³-hybridized carbons (Fsp3) is 0.833. The van der Waals surface area contributed by atoms with Crippen LogP contribution in [0.4, 0.5) is 4.79 Å². The van der Waals surface area contributed by atoms with Gasteiger partial charge in [0.05, 0.1) is 0 Å². The molecule has 2 N–H and O–H groups in total. The van der Waals surface area contributed by atoms with Crippen molar-refractivity contribution < 1.29 is 9.59 Å². The SMILES string of the molecule is CN1C(=O)NC2(CC(C)(C)NC(C)(C)C2)C1=O. The fourth-order valence-corrected chi connectivity index (χ4v) is 3.57. The number of hydrogen-bond donors (Lipinski definition) is 2. The third-order valence-corrected chi connectivity index (χ3v) is 3.53. The first kappa shape index (κ1) is 12.4. The smallest absolute Gasteiger partial charge is 0.323 e. The molecule has 2 aliphatic heterocycles. The summed E-state index contributed by atoms with van der Waals surface area (Å²) in [6, 6.07) is -0.288. The molecular weight excluding hydrogens is 218 g/mol. The molecule has 0 bridgehead atoms. The van der Waals surface area contributed by atoms with Gasteiger partial charge in [0.15, 0.2) is 0 Å². The van der Waals surface area contributed by atoms with Crippen LogP contribution in [0.25, 0.3) is 0 Å². The lowest BCUT2D eigenvalue weighted by Gasteiger charge is -2.50. The van der Waals surface area contributed by atoms with Crippen molar-refractivity contribution in [1.82, 2.24) is 15.5 Å². The number of nitrogens with zero attached hydrogens (tertiary/aromatic N) is 1. The van der Waals surface area contributed by atoms with Gasteiger partial charge in [0.2, 0.25) is 0 Å². The standard InChI is InChI=1S/C12H21N3O2/c1-10(2)6-12(7-11(3,4)14-10)8(16)15(5)9(17)13-12/h14H,6-7H2,1-5H3,(H,13,17). The van der Waals surface area contributed by atoms with Crippen molar-refractivity contribution in [2.75, 3.05) is 7.05 Å². The van der Waals surface area contributed by atoms with E-state index < -0.39 is 5.54 Å². The van der Waals surface area contributed by atoms with E-state index in [9.17, 15) is 9.59 Å². The summed E-state index contributed by atoms with van der Waals surface area (Å²) in [7, 11) is 1.54. The van der Waals surface area contributed by atoms with E-state index in [2.05, 4.69) is 38.3 Å². The highest BCUT2D eigenvalue weighted by Crippen LogP contribution is 2.39. The number of urea groups is 1. The topological polar surface area (TPSA) is 61.4 Å². The maximum Gasteiger partial charge on any atom is 0.324 e. The van der Waals surface area contributed by atoms with Crippen LogP contribution in [-0.2, 0) is 4.79 Å². The summed E-state index contributed by atoms with van der Waals surface area (Å²) in [6.45, 7) is 8.25. The first-order chi connectivity index (χ1) is 7.57. The van der Waals surface area contributed by atoms with Gasteiger partial charge in [-0.1, -0.05) is 0 Å². The molecule has 0 saturated carbocycles. The van der Waals surface area contributed by atoms with Crippen LogP contribution in [0.5, 0.6) is 0 Å². The Kier molecular flexibility index (Phi) is 2.34. The Morgan fingerprint density at radius 3 is 1.88 bits per heavy atom. The Balaban J connectivity index is 2.38. The van der Waals surface area contributed by atoms with Crippen molar-refractivity contribution in [1.29, 1.82) is 0 Å². The lowest BCUT2D eigenvalue weighted by molar-refractivity contribution is -0.133. The number of imide groups is 1. The monoisotopic (exact) mass is 239 g/mol. The third kappa shape index (κ3) is 1.92. The molecule has 0 unspecified atom stereocenters. The Hall–Kier alpha value is -1.10. The molecule has 0 aliphatic carbocycles. The first-order valence-corrected chi connectivity index (χ1v) is 5.97. The predicted molar refractivity (Wildman–Crippen MR) is 64.6 cm³/mol. The highest BCUT2D eigenvalue weighted by Gasteiger charge is 2.57. The third-order valence-electron chi connectivity index (χ3n) is 3.53. The molecule has 96 valence electrons. The second-order valence-electron chi connectivity index (χ2n) is 6.62. The Morgan fingerprint density at radius 2 is 1.53 bits per heavy atom. The number of carbonyl (C=O) groups is 2. The van der Waals surface area contributed by atoms with Crippen LogP contribution >= 0.6 is 0 Å². The average molecular weight is 239 g/mol. The van der Waals surface area contributed by atoms with E-state index in [1.54, 1.807) is 0 Å². The molecule has 1 spiro atoms. The molecule has 2 heterocycles. The quantitative estimate of drug-likeness (QED) is 0.616. The molecule has 2 aliphatic rings. The van der Waals surface area contributed by atoms with E-state index in [0.29, 0.717) is 12.8 Å². The van der Waals surface area contributed by atoms with E-state index in [4.69, 9.17) is 0 Å². The van der Waals surface area contributed by atoms with Crippen molar-refractivity contribution in [3.05, 3.63) is 0 Å². The van der Waals surface area contributed by atoms with Gasteiger partial charge in [0.25, 0.3) is 5.91 Å². The first-order valence-electron chi connectivity index (χ1n) is 5.97. The maximum absolute atomic E-state index is 12.3. The number of hydrogen-bond acceptors (Lipinski definition) is 3. The molecule has 0 aromatic rings. The van der Waals surface area contributed by atoms with Crippen LogP contribution in [0.3, 0.4) is 0 Å². The van der Waals surface area contributed by atoms with Crippen molar-refractivity contribution in [2.24, 2.45) is 0 Å². The van der Waals surface area contributed by atoms with Gasteiger partial charge in [0, 0.05) is 18.1 Å². The summed E-state index contributed by atoms with van der Waals surface area (Å²) in [5, 5.41) is 6.39. The second kappa shape index (κ2) is 3.22. The summed E-state index contributed by atoms with van der Waals surface area (Å²) in [5.74, 6) is -0.106. The molecule has 2 rings (SSSR count). The lowest BCUT2D eigenvalue weighted by Crippen LogP contribution is -2.68. The molecule has 0 radical (unpaired) electrons.